The van der Waals surface area contributed by atoms with Gasteiger partial charge in [0.2, 0.25) is 5.91 Å². The minimum atomic E-state index is -0.481. The number of primary amides is 1. The molecule has 0 fully saturated rings. The van der Waals surface area contributed by atoms with E-state index in [0.29, 0.717) is 33.7 Å². The predicted octanol–water partition coefficient (Wildman–Crippen LogP) is 5.00. The van der Waals surface area contributed by atoms with Gasteiger partial charge in [-0.05, 0) is 55.5 Å². The molecule has 4 rings (SSSR count). The number of rotatable bonds is 6. The molecule has 0 spiro atoms. The SMILES string of the molecule is NC(=O)c1c(NC(=O)CCc2ncc(-c3ccc(Cl)cc3)o2)sc2c1CCCCC2. The lowest BCUT2D eigenvalue weighted by Crippen LogP contribution is -2.18. The number of benzene rings is 1. The summed E-state index contributed by atoms with van der Waals surface area (Å²) in [4.78, 5) is 30.0. The van der Waals surface area contributed by atoms with E-state index in [1.165, 1.54) is 11.3 Å². The molecule has 1 aliphatic rings. The highest BCUT2D eigenvalue weighted by molar-refractivity contribution is 7.17. The standard InChI is InChI=1S/C22H22ClN3O3S/c23-14-8-6-13(7-9-14)16-12-25-19(29-16)11-10-18(27)26-22-20(21(24)28)15-4-2-1-3-5-17(15)30-22/h6-9,12H,1-5,10-11H2,(H2,24,28)(H,26,27). The number of anilines is 1. The van der Waals surface area contributed by atoms with Gasteiger partial charge in [-0.25, -0.2) is 4.98 Å². The Bertz CT molecular complexity index is 1070. The molecule has 6 nitrogen and oxygen atoms in total. The summed E-state index contributed by atoms with van der Waals surface area (Å²) in [6.45, 7) is 0. The molecule has 1 aromatic carbocycles. The second-order valence-corrected chi connectivity index (χ2v) is 8.85. The highest BCUT2D eigenvalue weighted by Crippen LogP contribution is 2.37. The number of amides is 2. The summed E-state index contributed by atoms with van der Waals surface area (Å²) in [5.74, 6) is 0.428. The van der Waals surface area contributed by atoms with Crippen LogP contribution in [0.25, 0.3) is 11.3 Å². The number of aryl methyl sites for hydroxylation is 2. The van der Waals surface area contributed by atoms with Crippen LogP contribution in [0.5, 0.6) is 0 Å². The van der Waals surface area contributed by atoms with Gasteiger partial charge in [0.1, 0.15) is 5.00 Å². The predicted molar refractivity (Wildman–Crippen MR) is 118 cm³/mol. The van der Waals surface area contributed by atoms with Crippen LogP contribution in [-0.2, 0) is 24.1 Å². The van der Waals surface area contributed by atoms with E-state index in [-0.39, 0.29) is 12.3 Å². The van der Waals surface area contributed by atoms with Crippen molar-refractivity contribution in [2.45, 2.75) is 44.9 Å². The van der Waals surface area contributed by atoms with Gasteiger partial charge in [-0.15, -0.1) is 11.3 Å². The molecule has 1 aliphatic carbocycles. The molecular weight excluding hydrogens is 422 g/mol. The Morgan fingerprint density at radius 1 is 1.17 bits per heavy atom. The van der Waals surface area contributed by atoms with Crippen LogP contribution in [0.15, 0.2) is 34.9 Å². The van der Waals surface area contributed by atoms with Gasteiger partial charge < -0.3 is 15.5 Å². The van der Waals surface area contributed by atoms with Gasteiger partial charge in [-0.1, -0.05) is 18.0 Å². The molecule has 0 unspecified atom stereocenters. The normalized spacial score (nSPS) is 13.5. The molecule has 8 heteroatoms. The van der Waals surface area contributed by atoms with E-state index in [2.05, 4.69) is 10.3 Å². The molecule has 0 bridgehead atoms. The van der Waals surface area contributed by atoms with Gasteiger partial charge in [0.05, 0.1) is 11.8 Å². The number of hydrogen-bond acceptors (Lipinski definition) is 5. The molecule has 156 valence electrons. The van der Waals surface area contributed by atoms with Crippen molar-refractivity contribution in [3.05, 3.63) is 57.4 Å². The molecule has 0 radical (unpaired) electrons. The van der Waals surface area contributed by atoms with E-state index in [0.717, 1.165) is 48.1 Å². The number of hydrogen-bond donors (Lipinski definition) is 2. The molecule has 3 aromatic rings. The van der Waals surface area contributed by atoms with Crippen LogP contribution in [0.1, 0.15) is 52.4 Å². The largest absolute Gasteiger partial charge is 0.441 e. The Labute approximate surface area is 183 Å². The van der Waals surface area contributed by atoms with Crippen molar-refractivity contribution in [1.82, 2.24) is 4.98 Å². The summed E-state index contributed by atoms with van der Waals surface area (Å²) in [6, 6.07) is 7.27. The Hall–Kier alpha value is -2.64. The lowest BCUT2D eigenvalue weighted by atomic mass is 10.1. The van der Waals surface area contributed by atoms with E-state index < -0.39 is 5.91 Å². The Kier molecular flexibility index (Phi) is 6.20. The maximum Gasteiger partial charge on any atom is 0.251 e. The second-order valence-electron chi connectivity index (χ2n) is 7.31. The van der Waals surface area contributed by atoms with Crippen molar-refractivity contribution >= 4 is 39.8 Å². The average Bonchev–Trinajstić information content (AvgIpc) is 3.25. The number of carbonyl (C=O) groups is 2. The first-order chi connectivity index (χ1) is 14.5. The lowest BCUT2D eigenvalue weighted by Gasteiger charge is -2.05. The first kappa shape index (κ1) is 20.6. The Morgan fingerprint density at radius 3 is 2.70 bits per heavy atom. The zero-order valence-electron chi connectivity index (χ0n) is 16.4. The number of fused-ring (bicyclic) bond motifs is 1. The first-order valence-electron chi connectivity index (χ1n) is 9.96. The van der Waals surface area contributed by atoms with Crippen LogP contribution in [0.2, 0.25) is 5.02 Å². The summed E-state index contributed by atoms with van der Waals surface area (Å²) in [5.41, 5.74) is 7.99. The monoisotopic (exact) mass is 443 g/mol. The molecule has 2 amide bonds. The van der Waals surface area contributed by atoms with E-state index in [1.54, 1.807) is 18.3 Å². The molecule has 0 saturated carbocycles. The number of nitrogens with zero attached hydrogens (tertiary/aromatic N) is 1. The number of nitrogens with one attached hydrogen (secondary N) is 1. The van der Waals surface area contributed by atoms with E-state index in [1.807, 2.05) is 12.1 Å². The topological polar surface area (TPSA) is 98.2 Å². The second kappa shape index (κ2) is 9.02. The average molecular weight is 444 g/mol. The summed E-state index contributed by atoms with van der Waals surface area (Å²) in [6.07, 6.45) is 7.24. The highest BCUT2D eigenvalue weighted by Gasteiger charge is 2.24. The Morgan fingerprint density at radius 2 is 1.93 bits per heavy atom. The quantitative estimate of drug-likeness (QED) is 0.524. The third kappa shape index (κ3) is 4.57. The summed E-state index contributed by atoms with van der Waals surface area (Å²) in [5, 5.41) is 4.09. The lowest BCUT2D eigenvalue weighted by molar-refractivity contribution is -0.116. The fourth-order valence-corrected chi connectivity index (χ4v) is 5.11. The van der Waals surface area contributed by atoms with Crippen LogP contribution in [0, 0.1) is 0 Å². The van der Waals surface area contributed by atoms with Crippen LogP contribution in [0.3, 0.4) is 0 Å². The van der Waals surface area contributed by atoms with Crippen molar-refractivity contribution in [2.75, 3.05) is 5.32 Å². The molecule has 2 aromatic heterocycles. The first-order valence-corrected chi connectivity index (χ1v) is 11.2. The number of carbonyl (C=O) groups excluding carboxylic acids is 2. The van der Waals surface area contributed by atoms with Crippen LogP contribution in [0.4, 0.5) is 5.00 Å². The zero-order chi connectivity index (χ0) is 21.1. The summed E-state index contributed by atoms with van der Waals surface area (Å²) in [7, 11) is 0. The van der Waals surface area contributed by atoms with Gasteiger partial charge in [-0.3, -0.25) is 9.59 Å². The summed E-state index contributed by atoms with van der Waals surface area (Å²) >= 11 is 7.38. The van der Waals surface area contributed by atoms with Gasteiger partial charge >= 0.3 is 0 Å². The molecule has 0 aliphatic heterocycles. The highest BCUT2D eigenvalue weighted by atomic mass is 35.5. The zero-order valence-corrected chi connectivity index (χ0v) is 17.9. The summed E-state index contributed by atoms with van der Waals surface area (Å²) < 4.78 is 5.75. The van der Waals surface area contributed by atoms with Crippen molar-refractivity contribution < 1.29 is 14.0 Å². The molecule has 2 heterocycles. The third-order valence-corrected chi connectivity index (χ3v) is 6.63. The third-order valence-electron chi connectivity index (χ3n) is 5.17. The minimum Gasteiger partial charge on any atom is -0.441 e. The fraction of sp³-hybridized carbons (Fsp3) is 0.318. The van der Waals surface area contributed by atoms with E-state index in [4.69, 9.17) is 21.8 Å². The molecular formula is C22H22ClN3O3S. The molecule has 0 saturated heterocycles. The van der Waals surface area contributed by atoms with Crippen molar-refractivity contribution in [3.8, 4) is 11.3 Å². The number of thiophene rings is 1. The molecule has 3 N–H and O–H groups in total. The van der Waals surface area contributed by atoms with E-state index >= 15 is 0 Å². The van der Waals surface area contributed by atoms with Crippen LogP contribution in [-0.4, -0.2) is 16.8 Å². The fourth-order valence-electron chi connectivity index (χ4n) is 3.67. The maximum atomic E-state index is 12.5. The number of nitrogens with two attached hydrogens (primary N) is 1. The number of aromatic nitrogens is 1. The minimum absolute atomic E-state index is 0.194. The van der Waals surface area contributed by atoms with Gasteiger partial charge in [0.15, 0.2) is 11.7 Å². The van der Waals surface area contributed by atoms with Crippen molar-refractivity contribution in [2.24, 2.45) is 5.73 Å². The maximum absolute atomic E-state index is 12.5. The van der Waals surface area contributed by atoms with Crippen LogP contribution < -0.4 is 11.1 Å². The number of oxazole rings is 1. The van der Waals surface area contributed by atoms with Gasteiger partial charge in [-0.2, -0.15) is 0 Å². The van der Waals surface area contributed by atoms with Crippen molar-refractivity contribution in [1.29, 1.82) is 0 Å². The van der Waals surface area contributed by atoms with Crippen LogP contribution >= 0.6 is 22.9 Å². The van der Waals surface area contributed by atoms with Gasteiger partial charge in [0, 0.05) is 28.3 Å². The van der Waals surface area contributed by atoms with Crippen molar-refractivity contribution in [3.63, 3.8) is 0 Å². The van der Waals surface area contributed by atoms with Gasteiger partial charge in [0.25, 0.3) is 5.91 Å². The van der Waals surface area contributed by atoms with E-state index in [9.17, 15) is 9.59 Å². The molecule has 0 atom stereocenters. The smallest absolute Gasteiger partial charge is 0.251 e. The number of halogens is 1. The Balaban J connectivity index is 1.41. The molecule has 30 heavy (non-hydrogen) atoms.